The molecule has 38 heavy (non-hydrogen) atoms. The first-order chi connectivity index (χ1) is 17.7. The zero-order chi connectivity index (χ0) is 27.9. The average Bonchev–Trinajstić information content (AvgIpc) is 3.33. The number of rotatable bonds is 8. The van der Waals surface area contributed by atoms with Crippen LogP contribution in [-0.4, -0.2) is 62.9 Å². The number of anilines is 1. The summed E-state index contributed by atoms with van der Waals surface area (Å²) in [4.78, 5) is 8.90. The van der Waals surface area contributed by atoms with Gasteiger partial charge in [-0.25, -0.2) is 23.7 Å². The van der Waals surface area contributed by atoms with Crippen LogP contribution >= 0.6 is 0 Å². The lowest BCUT2D eigenvalue weighted by Crippen LogP contribution is -2.57. The van der Waals surface area contributed by atoms with Gasteiger partial charge >= 0.3 is 0 Å². The Bertz CT molecular complexity index is 1550. The molecule has 0 aliphatic heterocycles. The molecule has 2 heterocycles. The van der Waals surface area contributed by atoms with Crippen LogP contribution in [0.3, 0.4) is 0 Å². The quantitative estimate of drug-likeness (QED) is 0.136. The van der Waals surface area contributed by atoms with E-state index in [-0.39, 0.29) is 27.7 Å². The Morgan fingerprint density at radius 2 is 1.55 bits per heavy atom. The molecule has 0 atom stereocenters. The highest BCUT2D eigenvalue weighted by atomic mass is 32.2. The average molecular weight is 537 g/mol. The van der Waals surface area contributed by atoms with E-state index in [1.54, 1.807) is 37.4 Å². The number of nitrogens with two attached hydrogens (primary N) is 1. The summed E-state index contributed by atoms with van der Waals surface area (Å²) in [5, 5.41) is 43.5. The van der Waals surface area contributed by atoms with E-state index in [9.17, 15) is 28.8 Å². The van der Waals surface area contributed by atoms with Gasteiger partial charge in [-0.3, -0.25) is 0 Å². The fourth-order valence-electron chi connectivity index (χ4n) is 3.53. The molecule has 4 rings (SSSR count). The van der Waals surface area contributed by atoms with E-state index in [4.69, 9.17) is 18.1 Å². The topological polar surface area (TPSA) is 205 Å². The molecule has 0 saturated carbocycles. The Morgan fingerprint density at radius 1 is 0.974 bits per heavy atom. The highest BCUT2D eigenvalue weighted by molar-refractivity contribution is 7.92. The Labute approximate surface area is 219 Å². The van der Waals surface area contributed by atoms with Crippen LogP contribution in [0.1, 0.15) is 19.4 Å². The van der Waals surface area contributed by atoms with Gasteiger partial charge in [0.2, 0.25) is 0 Å². The van der Waals surface area contributed by atoms with Crippen molar-refractivity contribution >= 4 is 23.5 Å². The summed E-state index contributed by atoms with van der Waals surface area (Å²) >= 11 is 0. The second-order valence-electron chi connectivity index (χ2n) is 8.78. The number of nitrogens with zero attached hydrogens (tertiary/aromatic N) is 3. The van der Waals surface area contributed by atoms with Crippen molar-refractivity contribution in [2.45, 2.75) is 35.7 Å². The van der Waals surface area contributed by atoms with E-state index in [0.717, 1.165) is 0 Å². The van der Waals surface area contributed by atoms with Gasteiger partial charge in [0.1, 0.15) is 5.69 Å². The molecule has 0 saturated heterocycles. The molecule has 4 aromatic rings. The molecule has 2 aromatic carbocycles. The molecular weight excluding hydrogens is 513 g/mol. The number of hydrogen-bond donors (Lipinski definition) is 6. The number of benzene rings is 2. The lowest BCUT2D eigenvalue weighted by molar-refractivity contribution is -0.261. The molecule has 0 fully saturated rings. The van der Waals surface area contributed by atoms with Crippen LogP contribution in [0, 0.1) is 0 Å². The maximum Gasteiger partial charge on any atom is 0.254 e. The predicted octanol–water partition coefficient (Wildman–Crippen LogP) is 0.679. The molecule has 0 aliphatic carbocycles. The van der Waals surface area contributed by atoms with Gasteiger partial charge in [-0.2, -0.15) is 0 Å². The van der Waals surface area contributed by atoms with E-state index in [0.29, 0.717) is 22.5 Å². The zero-order valence-electron chi connectivity index (χ0n) is 20.3. The van der Waals surface area contributed by atoms with Gasteiger partial charge in [0.05, 0.1) is 22.0 Å². The second kappa shape index (κ2) is 9.91. The molecule has 2 radical (unpaired) electrons. The lowest BCUT2D eigenvalue weighted by Gasteiger charge is -2.30. The van der Waals surface area contributed by atoms with Gasteiger partial charge in [0.15, 0.2) is 40.8 Å². The van der Waals surface area contributed by atoms with Crippen molar-refractivity contribution in [3.05, 3.63) is 66.4 Å². The minimum absolute atomic E-state index is 0.0838. The number of hydrogen-bond acceptors (Lipinski definition) is 12. The number of nitrogens with one attached hydrogen (secondary N) is 1. The number of sulfone groups is 1. The largest absolute Gasteiger partial charge is 0.382 e. The molecule has 12 nitrogen and oxygen atoms in total. The highest BCUT2D eigenvalue weighted by Crippen LogP contribution is 2.31. The Hall–Kier alpha value is -3.66. The molecule has 0 unspecified atom stereocenters. The van der Waals surface area contributed by atoms with Gasteiger partial charge < -0.3 is 30.7 Å². The minimum Gasteiger partial charge on any atom is -0.382 e. The van der Waals surface area contributed by atoms with Gasteiger partial charge in [0, 0.05) is 22.8 Å². The first kappa shape index (κ1) is 27.4. The van der Waals surface area contributed by atoms with E-state index < -0.39 is 26.8 Å². The monoisotopic (exact) mass is 537 g/mol. The van der Waals surface area contributed by atoms with Crippen LogP contribution in [0.25, 0.3) is 34.0 Å². The molecule has 2 aromatic heterocycles. The van der Waals surface area contributed by atoms with Crippen LogP contribution in [0.15, 0.2) is 70.2 Å². The van der Waals surface area contributed by atoms with E-state index >= 15 is 0 Å². The standard InChI is InChI=1S/C24H24BN5O7S/c1-13(2)38(35,36)17-9-5-15(6-10-17)19-12-27-22(26)21(28-19)20-11-18(29-37-20)14-3-7-16(8-4-14)23(31,32)30-24(25,33)34/h3-13,30-34H,1-2H3,(H2,26,27). The summed E-state index contributed by atoms with van der Waals surface area (Å²) < 4.78 is 30.2. The van der Waals surface area contributed by atoms with Crippen molar-refractivity contribution in [2.24, 2.45) is 0 Å². The van der Waals surface area contributed by atoms with E-state index in [1.165, 1.54) is 42.6 Å². The third kappa shape index (κ3) is 5.75. The third-order valence-corrected chi connectivity index (χ3v) is 7.76. The summed E-state index contributed by atoms with van der Waals surface area (Å²) in [7, 11) is 1.53. The first-order valence-electron chi connectivity index (χ1n) is 11.2. The van der Waals surface area contributed by atoms with Crippen molar-refractivity contribution in [1.82, 2.24) is 20.4 Å². The van der Waals surface area contributed by atoms with Crippen LogP contribution in [0.4, 0.5) is 5.82 Å². The van der Waals surface area contributed by atoms with E-state index in [2.05, 4.69) is 15.1 Å². The van der Waals surface area contributed by atoms with Crippen LogP contribution < -0.4 is 11.1 Å². The summed E-state index contributed by atoms with van der Waals surface area (Å²) in [6.07, 6.45) is 1.46. The van der Waals surface area contributed by atoms with Crippen molar-refractivity contribution in [3.8, 4) is 34.0 Å². The summed E-state index contributed by atoms with van der Waals surface area (Å²) in [6.45, 7) is 3.23. The van der Waals surface area contributed by atoms with Gasteiger partial charge in [-0.05, 0) is 26.0 Å². The molecule has 196 valence electrons. The zero-order valence-corrected chi connectivity index (χ0v) is 21.1. The van der Waals surface area contributed by atoms with Crippen LogP contribution in [0.5, 0.6) is 0 Å². The molecule has 0 spiro atoms. The normalized spacial score (nSPS) is 12.7. The molecule has 0 amide bonds. The molecule has 7 N–H and O–H groups in total. The Kier molecular flexibility index (Phi) is 7.14. The van der Waals surface area contributed by atoms with Crippen molar-refractivity contribution in [2.75, 3.05) is 5.73 Å². The smallest absolute Gasteiger partial charge is 0.254 e. The second-order valence-corrected chi connectivity index (χ2v) is 11.3. The fraction of sp³-hybridized carbons (Fsp3) is 0.208. The van der Waals surface area contributed by atoms with Crippen molar-refractivity contribution in [3.63, 3.8) is 0 Å². The molecule has 0 bridgehead atoms. The van der Waals surface area contributed by atoms with Gasteiger partial charge in [-0.15, -0.1) is 0 Å². The Balaban J connectivity index is 1.60. The van der Waals surface area contributed by atoms with Gasteiger partial charge in [-0.1, -0.05) is 41.6 Å². The molecule has 0 aliphatic rings. The minimum atomic E-state index is -3.41. The summed E-state index contributed by atoms with van der Waals surface area (Å²) in [5.41, 5.74) is 8.06. The predicted molar refractivity (Wildman–Crippen MR) is 137 cm³/mol. The molecule has 14 heteroatoms. The third-order valence-electron chi connectivity index (χ3n) is 5.59. The lowest BCUT2D eigenvalue weighted by atomic mass is 10.0. The highest BCUT2D eigenvalue weighted by Gasteiger charge is 2.33. The fourth-order valence-corrected chi connectivity index (χ4v) is 4.59. The maximum atomic E-state index is 12.4. The first-order valence-corrected chi connectivity index (χ1v) is 12.7. The maximum absolute atomic E-state index is 12.4. The SMILES string of the molecule is [B]C(O)(O)NC(O)(O)c1ccc(-c2cc(-c3nc(-c4ccc(S(=O)(=O)C(C)C)cc4)cnc3N)on2)cc1. The molecular formula is C24H24BN5O7S. The Morgan fingerprint density at radius 3 is 2.13 bits per heavy atom. The van der Waals surface area contributed by atoms with Crippen LogP contribution in [0.2, 0.25) is 0 Å². The summed E-state index contributed by atoms with van der Waals surface area (Å²) in [6, 6.07) is 13.4. The van der Waals surface area contributed by atoms with Crippen LogP contribution in [-0.2, 0) is 15.7 Å². The van der Waals surface area contributed by atoms with Crippen molar-refractivity contribution in [1.29, 1.82) is 0 Å². The van der Waals surface area contributed by atoms with Gasteiger partial charge in [0.25, 0.3) is 5.91 Å². The number of aromatic nitrogens is 3. The number of nitrogen functional groups attached to an aromatic ring is 1. The number of aliphatic hydroxyl groups is 4. The van der Waals surface area contributed by atoms with E-state index in [1.807, 2.05) is 0 Å². The van der Waals surface area contributed by atoms with Crippen molar-refractivity contribution < 1.29 is 33.4 Å². The summed E-state index contributed by atoms with van der Waals surface area (Å²) in [5.74, 6) is -5.55.